The predicted octanol–water partition coefficient (Wildman–Crippen LogP) is 2.44. The lowest BCUT2D eigenvalue weighted by atomic mass is 9.86. The van der Waals surface area contributed by atoms with Crippen LogP contribution < -0.4 is 5.32 Å². The second kappa shape index (κ2) is 5.77. The molecule has 0 aliphatic carbocycles. The summed E-state index contributed by atoms with van der Waals surface area (Å²) >= 11 is 0. The molecular weight excluding hydrogens is 252 g/mol. The number of nitrogens with one attached hydrogen (secondary N) is 1. The van der Waals surface area contributed by atoms with Crippen LogP contribution >= 0.6 is 0 Å². The molecule has 1 aromatic rings. The van der Waals surface area contributed by atoms with Crippen molar-refractivity contribution in [3.63, 3.8) is 0 Å². The van der Waals surface area contributed by atoms with E-state index in [2.05, 4.69) is 36.1 Å². The Bertz CT molecular complexity index is 486. The zero-order valence-corrected chi connectivity index (χ0v) is 12.8. The Morgan fingerprint density at radius 2 is 2.15 bits per heavy atom. The maximum absolute atomic E-state index is 11.5. The van der Waals surface area contributed by atoms with E-state index in [9.17, 15) is 4.79 Å². The number of carbonyl (C=O) groups is 1. The number of rotatable bonds is 5. The minimum Gasteiger partial charge on any atom is -0.364 e. The first-order valence-corrected chi connectivity index (χ1v) is 7.33. The van der Waals surface area contributed by atoms with Crippen molar-refractivity contribution in [1.29, 1.82) is 0 Å². The van der Waals surface area contributed by atoms with E-state index in [1.165, 1.54) is 0 Å². The molecule has 0 bridgehead atoms. The first-order valence-electron chi connectivity index (χ1n) is 7.33. The third kappa shape index (κ3) is 3.08. The average molecular weight is 278 g/mol. The van der Waals surface area contributed by atoms with Crippen LogP contribution in [0.3, 0.4) is 0 Å². The second-order valence-corrected chi connectivity index (χ2v) is 6.02. The van der Waals surface area contributed by atoms with Gasteiger partial charge in [-0.05, 0) is 6.42 Å². The summed E-state index contributed by atoms with van der Waals surface area (Å²) < 4.78 is 0. The summed E-state index contributed by atoms with van der Waals surface area (Å²) in [6.07, 6.45) is 3.23. The van der Waals surface area contributed by atoms with E-state index in [1.807, 2.05) is 17.9 Å². The molecule has 2 rings (SSSR count). The van der Waals surface area contributed by atoms with Gasteiger partial charge in [0.2, 0.25) is 5.91 Å². The van der Waals surface area contributed by atoms with Crippen LogP contribution in [0.25, 0.3) is 0 Å². The van der Waals surface area contributed by atoms with Crippen molar-refractivity contribution >= 4 is 11.7 Å². The fourth-order valence-corrected chi connectivity index (χ4v) is 2.19. The molecule has 0 aromatic carbocycles. The van der Waals surface area contributed by atoms with Gasteiger partial charge < -0.3 is 10.2 Å². The molecule has 5 nitrogen and oxygen atoms in total. The van der Waals surface area contributed by atoms with Gasteiger partial charge in [0.1, 0.15) is 12.1 Å². The quantitative estimate of drug-likeness (QED) is 0.898. The summed E-state index contributed by atoms with van der Waals surface area (Å²) in [5.41, 5.74) is 1.11. The van der Waals surface area contributed by atoms with Gasteiger partial charge in [0.15, 0.2) is 0 Å². The largest absolute Gasteiger partial charge is 0.364 e. The molecule has 0 unspecified atom stereocenters. The molecule has 112 valence electrons. The second-order valence-electron chi connectivity index (χ2n) is 6.02. The molecule has 5 heteroatoms. The van der Waals surface area contributed by atoms with E-state index in [0.717, 1.165) is 31.0 Å². The molecule has 20 heavy (non-hydrogen) atoms. The van der Waals surface area contributed by atoms with Gasteiger partial charge in [-0.3, -0.25) is 4.79 Å². The van der Waals surface area contributed by atoms with E-state index in [-0.39, 0.29) is 12.7 Å². The van der Waals surface area contributed by atoms with Crippen LogP contribution in [0, 0.1) is 0 Å². The van der Waals surface area contributed by atoms with Gasteiger partial charge in [-0.2, -0.15) is 0 Å². The van der Waals surface area contributed by atoms with Crippen LogP contribution in [0.15, 0.2) is 12.4 Å². The Hall–Kier alpha value is -1.65. The Morgan fingerprint density at radius 1 is 1.45 bits per heavy atom. The zero-order chi connectivity index (χ0) is 14.8. The maximum Gasteiger partial charge on any atom is 0.222 e. The third-order valence-corrected chi connectivity index (χ3v) is 4.13. The van der Waals surface area contributed by atoms with Crippen molar-refractivity contribution in [1.82, 2.24) is 14.9 Å². The van der Waals surface area contributed by atoms with E-state index in [4.69, 9.17) is 0 Å². The molecule has 0 radical (unpaired) electrons. The van der Waals surface area contributed by atoms with Gasteiger partial charge in [-0.25, -0.2) is 9.97 Å². The van der Waals surface area contributed by atoms with Crippen molar-refractivity contribution in [3.8, 4) is 0 Å². The number of hydrogen-bond acceptors (Lipinski definition) is 4. The Balaban J connectivity index is 0.00000220. The van der Waals surface area contributed by atoms with Crippen LogP contribution in [0.1, 0.15) is 47.7 Å². The first kappa shape index (κ1) is 14.8. The fourth-order valence-electron chi connectivity index (χ4n) is 2.19. The predicted molar refractivity (Wildman–Crippen MR) is 81.7 cm³/mol. The van der Waals surface area contributed by atoms with Crippen molar-refractivity contribution in [2.24, 2.45) is 0 Å². The third-order valence-electron chi connectivity index (χ3n) is 4.13. The molecule has 1 aromatic heterocycles. The highest BCUT2D eigenvalue weighted by atomic mass is 16.2. The smallest absolute Gasteiger partial charge is 0.222 e. The molecule has 0 saturated carbocycles. The van der Waals surface area contributed by atoms with Gasteiger partial charge in [0.05, 0.1) is 11.7 Å². The average Bonchev–Trinajstić information content (AvgIpc) is 2.42. The number of hydrogen-bond donors (Lipinski definition) is 1. The summed E-state index contributed by atoms with van der Waals surface area (Å²) in [5.74, 6) is 1.07. The number of nitrogens with zero attached hydrogens (tertiary/aromatic N) is 3. The van der Waals surface area contributed by atoms with Gasteiger partial charge in [0, 0.05) is 32.4 Å². The van der Waals surface area contributed by atoms with Crippen molar-refractivity contribution < 1.29 is 6.22 Å². The van der Waals surface area contributed by atoms with E-state index < -0.39 is 0 Å². The molecule has 1 aliphatic heterocycles. The molecule has 1 amide bonds. The summed E-state index contributed by atoms with van der Waals surface area (Å²) in [5, 5.41) is 3.38. The monoisotopic (exact) mass is 278 g/mol. The Kier molecular flexibility index (Phi) is 4.26. The molecule has 1 fully saturated rings. The highest BCUT2D eigenvalue weighted by Crippen LogP contribution is 2.26. The molecule has 1 saturated heterocycles. The molecule has 1 N–H and O–H groups in total. The number of amides is 1. The lowest BCUT2D eigenvalue weighted by molar-refractivity contribution is -0.134. The van der Waals surface area contributed by atoms with Crippen LogP contribution in [0.2, 0.25) is 0 Å². The standard InChI is InChI=1S/C15H24N4O.H2/c1-5-14(20)19-8-11(9-19)18-13-7-12(16-10-17-13)15(3,4)6-2;/h7,10-11H,5-6,8-9H2,1-4H3,(H,16,17,18);1H. The van der Waals surface area contributed by atoms with Gasteiger partial charge >= 0.3 is 0 Å². The molecular formula is C15H26N4O. The van der Waals surface area contributed by atoms with E-state index in [0.29, 0.717) is 12.5 Å². The van der Waals surface area contributed by atoms with E-state index in [1.54, 1.807) is 6.33 Å². The zero-order valence-electron chi connectivity index (χ0n) is 12.8. The lowest BCUT2D eigenvalue weighted by Crippen LogP contribution is -2.56. The fraction of sp³-hybridized carbons (Fsp3) is 0.667. The lowest BCUT2D eigenvalue weighted by Gasteiger charge is -2.39. The van der Waals surface area contributed by atoms with Gasteiger partial charge in [-0.15, -0.1) is 0 Å². The SMILES string of the molecule is CCC(=O)N1CC(Nc2cc(C(C)(C)CC)ncn2)C1.[HH]. The molecule has 1 aliphatic rings. The minimum absolute atomic E-state index is 0. The van der Waals surface area contributed by atoms with Crippen LogP contribution in [-0.2, 0) is 10.2 Å². The summed E-state index contributed by atoms with van der Waals surface area (Å²) in [4.78, 5) is 22.0. The first-order chi connectivity index (χ1) is 9.46. The minimum atomic E-state index is 0. The normalized spacial score (nSPS) is 15.9. The summed E-state index contributed by atoms with van der Waals surface area (Å²) in [7, 11) is 0. The molecule has 0 atom stereocenters. The van der Waals surface area contributed by atoms with Crippen LogP contribution in [-0.4, -0.2) is 39.9 Å². The topological polar surface area (TPSA) is 58.1 Å². The van der Waals surface area contributed by atoms with Gasteiger partial charge in [0.25, 0.3) is 0 Å². The summed E-state index contributed by atoms with van der Waals surface area (Å²) in [6, 6.07) is 2.33. The van der Waals surface area contributed by atoms with E-state index >= 15 is 0 Å². The number of carbonyl (C=O) groups excluding carboxylic acids is 1. The van der Waals surface area contributed by atoms with Crippen molar-refractivity contribution in [2.45, 2.75) is 52.0 Å². The number of anilines is 1. The van der Waals surface area contributed by atoms with Crippen molar-refractivity contribution in [3.05, 3.63) is 18.1 Å². The highest BCUT2D eigenvalue weighted by Gasteiger charge is 2.30. The maximum atomic E-state index is 11.5. The number of likely N-dealkylation sites (tertiary alicyclic amines) is 1. The van der Waals surface area contributed by atoms with Crippen LogP contribution in [0.5, 0.6) is 0 Å². The summed E-state index contributed by atoms with van der Waals surface area (Å²) in [6.45, 7) is 9.96. The molecule has 2 heterocycles. The van der Waals surface area contributed by atoms with Crippen molar-refractivity contribution in [2.75, 3.05) is 18.4 Å². The van der Waals surface area contributed by atoms with Gasteiger partial charge in [-0.1, -0.05) is 27.7 Å². The molecule has 0 spiro atoms. The van der Waals surface area contributed by atoms with Crippen LogP contribution in [0.4, 0.5) is 5.82 Å². The number of aromatic nitrogens is 2. The Labute approximate surface area is 122 Å². The highest BCUT2D eigenvalue weighted by molar-refractivity contribution is 5.77. The Morgan fingerprint density at radius 3 is 2.75 bits per heavy atom.